The highest BCUT2D eigenvalue weighted by Gasteiger charge is 2.51. The van der Waals surface area contributed by atoms with E-state index in [9.17, 15) is 27.6 Å². The van der Waals surface area contributed by atoms with Gasteiger partial charge >= 0.3 is 6.18 Å². The third-order valence-corrected chi connectivity index (χ3v) is 7.61. The van der Waals surface area contributed by atoms with Gasteiger partial charge in [-0.05, 0) is 37.5 Å². The summed E-state index contributed by atoms with van der Waals surface area (Å²) in [5.41, 5.74) is -1.62. The number of likely N-dealkylation sites (tertiary alicyclic amines) is 2. The molecule has 3 amide bonds. The first-order valence-electron chi connectivity index (χ1n) is 11.7. The van der Waals surface area contributed by atoms with Crippen LogP contribution in [0.15, 0.2) is 18.2 Å². The molecule has 0 radical (unpaired) electrons. The summed E-state index contributed by atoms with van der Waals surface area (Å²) < 4.78 is 40.5. The van der Waals surface area contributed by atoms with E-state index in [0.717, 1.165) is 12.5 Å². The molecule has 1 atom stereocenters. The Labute approximate surface area is 201 Å². The number of nitrogens with zero attached hydrogens (tertiary/aromatic N) is 4. The zero-order valence-electron chi connectivity index (χ0n) is 19.5. The van der Waals surface area contributed by atoms with Crippen molar-refractivity contribution in [3.05, 3.63) is 29.3 Å². The Kier molecular flexibility index (Phi) is 6.66. The van der Waals surface area contributed by atoms with Crippen molar-refractivity contribution in [2.75, 3.05) is 51.2 Å². The van der Waals surface area contributed by atoms with Gasteiger partial charge in [0.25, 0.3) is 0 Å². The first-order valence-corrected chi connectivity index (χ1v) is 11.7. The van der Waals surface area contributed by atoms with Gasteiger partial charge in [-0.25, -0.2) is 0 Å². The third kappa shape index (κ3) is 4.79. The molecule has 3 heterocycles. The van der Waals surface area contributed by atoms with Crippen LogP contribution in [0, 0.1) is 22.7 Å². The molecule has 3 aliphatic heterocycles. The second-order valence-corrected chi connectivity index (χ2v) is 9.55. The average molecular weight is 492 g/mol. The van der Waals surface area contributed by atoms with Crippen molar-refractivity contribution < 1.29 is 27.6 Å². The normalized spacial score (nSPS) is 22.0. The van der Waals surface area contributed by atoms with E-state index in [0.29, 0.717) is 51.1 Å². The van der Waals surface area contributed by atoms with Crippen molar-refractivity contribution >= 4 is 23.4 Å². The van der Waals surface area contributed by atoms with Gasteiger partial charge in [0.1, 0.15) is 0 Å². The molecule has 3 aliphatic rings. The highest BCUT2D eigenvalue weighted by molar-refractivity contribution is 5.86. The Morgan fingerprint density at radius 3 is 2.51 bits per heavy atom. The molecule has 11 heteroatoms. The van der Waals surface area contributed by atoms with E-state index in [-0.39, 0.29) is 30.8 Å². The lowest BCUT2D eigenvalue weighted by atomic mass is 9.70. The van der Waals surface area contributed by atoms with Crippen molar-refractivity contribution in [2.45, 2.75) is 31.9 Å². The lowest BCUT2D eigenvalue weighted by molar-refractivity contribution is -0.140. The zero-order chi connectivity index (χ0) is 25.4. The minimum atomic E-state index is -4.67. The molecule has 0 saturated carbocycles. The Bertz CT molecular complexity index is 1060. The van der Waals surface area contributed by atoms with Gasteiger partial charge in [0.05, 0.1) is 29.7 Å². The number of carbonyl (C=O) groups is 3. The molecule has 4 rings (SSSR count). The van der Waals surface area contributed by atoms with Gasteiger partial charge in [0, 0.05) is 57.3 Å². The van der Waals surface area contributed by atoms with E-state index in [1.165, 1.54) is 19.2 Å². The van der Waals surface area contributed by atoms with Crippen LogP contribution in [0.5, 0.6) is 0 Å². The van der Waals surface area contributed by atoms with Crippen LogP contribution < -0.4 is 10.2 Å². The molecular weight excluding hydrogens is 463 g/mol. The molecule has 8 nitrogen and oxygen atoms in total. The Morgan fingerprint density at radius 2 is 1.94 bits per heavy atom. The van der Waals surface area contributed by atoms with E-state index in [2.05, 4.69) is 5.32 Å². The zero-order valence-corrected chi connectivity index (χ0v) is 19.5. The summed E-state index contributed by atoms with van der Waals surface area (Å²) >= 11 is 0. The van der Waals surface area contributed by atoms with E-state index in [1.54, 1.807) is 20.8 Å². The van der Waals surface area contributed by atoms with Gasteiger partial charge < -0.3 is 20.0 Å². The quantitative estimate of drug-likeness (QED) is 0.695. The van der Waals surface area contributed by atoms with Crippen LogP contribution in [-0.4, -0.2) is 73.8 Å². The van der Waals surface area contributed by atoms with Crippen LogP contribution in [0.1, 0.15) is 36.8 Å². The van der Waals surface area contributed by atoms with Crippen LogP contribution in [0.25, 0.3) is 0 Å². The topological polar surface area (TPSA) is 96.8 Å². The summed E-state index contributed by atoms with van der Waals surface area (Å²) in [6.07, 6.45) is -2.38. The molecule has 188 valence electrons. The molecule has 1 aromatic carbocycles. The van der Waals surface area contributed by atoms with Crippen LogP contribution in [0.3, 0.4) is 0 Å². The summed E-state index contributed by atoms with van der Waals surface area (Å²) in [6, 6.07) is 5.22. The van der Waals surface area contributed by atoms with Gasteiger partial charge in [0.2, 0.25) is 17.7 Å². The van der Waals surface area contributed by atoms with Crippen LogP contribution in [0.4, 0.5) is 18.9 Å². The van der Waals surface area contributed by atoms with Crippen molar-refractivity contribution in [1.82, 2.24) is 15.1 Å². The predicted molar refractivity (Wildman–Crippen MR) is 120 cm³/mol. The van der Waals surface area contributed by atoms with Crippen molar-refractivity contribution in [1.29, 1.82) is 5.26 Å². The number of carbonyl (C=O) groups excluding carboxylic acids is 3. The molecule has 0 aliphatic carbocycles. The first-order chi connectivity index (χ1) is 16.6. The van der Waals surface area contributed by atoms with Crippen molar-refractivity contribution in [2.24, 2.45) is 11.3 Å². The summed E-state index contributed by atoms with van der Waals surface area (Å²) in [6.45, 7) is 2.11. The fraction of sp³-hybridized carbons (Fsp3) is 0.583. The lowest BCUT2D eigenvalue weighted by Crippen LogP contribution is -2.51. The number of hydrogen-bond acceptors (Lipinski definition) is 5. The fourth-order valence-corrected chi connectivity index (χ4v) is 5.60. The monoisotopic (exact) mass is 491 g/mol. The maximum atomic E-state index is 13.5. The molecule has 3 fully saturated rings. The fourth-order valence-electron chi connectivity index (χ4n) is 5.60. The van der Waals surface area contributed by atoms with Gasteiger partial charge in [-0.15, -0.1) is 0 Å². The standard InChI is InChI=1S/C24H28F3N5O3/c1-29-22(35)19-13-32(17-5-4-16(12-28)18(11-17)24(25,26)27)15-23(19)6-9-30(10-7-23)21(34)14-31-8-2-3-20(31)33/h4-5,11,19H,2-3,6-10,13-15H2,1H3,(H,29,35). The molecule has 0 bridgehead atoms. The van der Waals surface area contributed by atoms with E-state index in [1.807, 2.05) is 0 Å². The van der Waals surface area contributed by atoms with Crippen molar-refractivity contribution in [3.63, 3.8) is 0 Å². The van der Waals surface area contributed by atoms with Crippen molar-refractivity contribution in [3.8, 4) is 6.07 Å². The molecule has 3 saturated heterocycles. The number of hydrogen-bond donors (Lipinski definition) is 1. The predicted octanol–water partition coefficient (Wildman–Crippen LogP) is 1.99. The van der Waals surface area contributed by atoms with E-state index < -0.39 is 28.6 Å². The molecular formula is C24H28F3N5O3. The summed E-state index contributed by atoms with van der Waals surface area (Å²) in [7, 11) is 1.54. The number of piperidine rings is 1. The van der Waals surface area contributed by atoms with E-state index in [4.69, 9.17) is 5.26 Å². The largest absolute Gasteiger partial charge is 0.417 e. The number of nitriles is 1. The van der Waals surface area contributed by atoms with Crippen LogP contribution >= 0.6 is 0 Å². The van der Waals surface area contributed by atoms with Crippen LogP contribution in [0.2, 0.25) is 0 Å². The van der Waals surface area contributed by atoms with Gasteiger partial charge in [-0.3, -0.25) is 14.4 Å². The molecule has 1 spiro atoms. The minimum Gasteiger partial charge on any atom is -0.370 e. The number of rotatable bonds is 4. The van der Waals surface area contributed by atoms with Crippen LogP contribution in [-0.2, 0) is 20.6 Å². The summed E-state index contributed by atoms with van der Waals surface area (Å²) in [4.78, 5) is 42.5. The summed E-state index contributed by atoms with van der Waals surface area (Å²) in [5, 5.41) is 11.8. The Balaban J connectivity index is 1.51. The maximum Gasteiger partial charge on any atom is 0.417 e. The number of alkyl halides is 3. The number of nitrogens with one attached hydrogen (secondary N) is 1. The summed E-state index contributed by atoms with van der Waals surface area (Å²) in [5.74, 6) is -0.767. The van der Waals surface area contributed by atoms with Gasteiger partial charge in [-0.2, -0.15) is 18.4 Å². The number of amides is 3. The third-order valence-electron chi connectivity index (χ3n) is 7.61. The number of anilines is 1. The second kappa shape index (κ2) is 9.40. The number of halogens is 3. The highest BCUT2D eigenvalue weighted by atomic mass is 19.4. The second-order valence-electron chi connectivity index (χ2n) is 9.55. The molecule has 0 aromatic heterocycles. The number of benzene rings is 1. The lowest BCUT2D eigenvalue weighted by Gasteiger charge is -2.42. The molecule has 1 unspecified atom stereocenters. The highest BCUT2D eigenvalue weighted by Crippen LogP contribution is 2.47. The Hall–Kier alpha value is -3.29. The molecule has 1 N–H and O–H groups in total. The maximum absolute atomic E-state index is 13.5. The Morgan fingerprint density at radius 1 is 1.23 bits per heavy atom. The minimum absolute atomic E-state index is 0.0152. The van der Waals surface area contributed by atoms with E-state index >= 15 is 0 Å². The SMILES string of the molecule is CNC(=O)C1CN(c2ccc(C#N)c(C(F)(F)F)c2)CC12CCN(C(=O)CN1CCCC1=O)CC2. The smallest absolute Gasteiger partial charge is 0.370 e. The van der Waals surface area contributed by atoms with Gasteiger partial charge in [-0.1, -0.05) is 0 Å². The first kappa shape index (κ1) is 24.8. The average Bonchev–Trinajstić information content (AvgIpc) is 3.41. The van der Waals surface area contributed by atoms with Gasteiger partial charge in [0.15, 0.2) is 0 Å². The molecule has 1 aromatic rings. The molecule has 35 heavy (non-hydrogen) atoms.